The highest BCUT2D eigenvalue weighted by Gasteiger charge is 2.19. The Hall–Kier alpha value is -3.21. The summed E-state index contributed by atoms with van der Waals surface area (Å²) in [5.41, 5.74) is 1.75. The average Bonchev–Trinajstić information content (AvgIpc) is 3.28. The Balaban J connectivity index is 1.69. The second kappa shape index (κ2) is 7.99. The zero-order valence-corrected chi connectivity index (χ0v) is 15.5. The molecule has 2 amide bonds. The lowest BCUT2D eigenvalue weighted by Crippen LogP contribution is -2.26. The molecule has 1 aliphatic heterocycles. The predicted molar refractivity (Wildman–Crippen MR) is 101 cm³/mol. The van der Waals surface area contributed by atoms with Crippen molar-refractivity contribution in [3.8, 4) is 0 Å². The standard InChI is InChI=1S/C16H18FN7O2S/c1-18-14-13(15(26)19-2)24(8-21-14)6-12(25)23-16-22-10(7-27-16)9-3-4-11(17)20-5-9/h3-4,7-8,18,20H,5-6H2,1-2H3,(H,19,26)(H,22,23,25). The van der Waals surface area contributed by atoms with E-state index >= 15 is 0 Å². The fourth-order valence-corrected chi connectivity index (χ4v) is 3.23. The van der Waals surface area contributed by atoms with E-state index in [-0.39, 0.29) is 24.1 Å². The highest BCUT2D eigenvalue weighted by molar-refractivity contribution is 7.14. The van der Waals surface area contributed by atoms with Crippen LogP contribution >= 0.6 is 11.3 Å². The van der Waals surface area contributed by atoms with Gasteiger partial charge in [-0.25, -0.2) is 9.97 Å². The molecule has 4 N–H and O–H groups in total. The predicted octanol–water partition coefficient (Wildman–Crippen LogP) is 1.18. The van der Waals surface area contributed by atoms with Crippen LogP contribution in [0.1, 0.15) is 16.2 Å². The first-order chi connectivity index (χ1) is 13.0. The first-order valence-corrected chi connectivity index (χ1v) is 8.90. The third-order valence-corrected chi connectivity index (χ3v) is 4.55. The van der Waals surface area contributed by atoms with Crippen molar-refractivity contribution in [2.45, 2.75) is 6.54 Å². The number of carbonyl (C=O) groups is 2. The van der Waals surface area contributed by atoms with Gasteiger partial charge in [-0.15, -0.1) is 11.3 Å². The van der Waals surface area contributed by atoms with Crippen LogP contribution in [0.2, 0.25) is 0 Å². The molecule has 0 atom stereocenters. The van der Waals surface area contributed by atoms with Crippen LogP contribution in [0.15, 0.2) is 29.8 Å². The largest absolute Gasteiger partial charge is 0.371 e. The van der Waals surface area contributed by atoms with Crippen molar-refractivity contribution in [3.05, 3.63) is 41.2 Å². The number of rotatable bonds is 6. The number of imidazole rings is 1. The molecule has 142 valence electrons. The molecule has 9 nitrogen and oxygen atoms in total. The number of anilines is 2. The third kappa shape index (κ3) is 4.14. The Morgan fingerprint density at radius 1 is 1.37 bits per heavy atom. The summed E-state index contributed by atoms with van der Waals surface area (Å²) in [6, 6.07) is 0. The smallest absolute Gasteiger partial charge is 0.271 e. The summed E-state index contributed by atoms with van der Waals surface area (Å²) < 4.78 is 14.4. The summed E-state index contributed by atoms with van der Waals surface area (Å²) in [7, 11) is 3.15. The molecule has 27 heavy (non-hydrogen) atoms. The van der Waals surface area contributed by atoms with Gasteiger partial charge in [0.25, 0.3) is 5.91 Å². The van der Waals surface area contributed by atoms with Crippen molar-refractivity contribution in [1.82, 2.24) is 25.2 Å². The van der Waals surface area contributed by atoms with Gasteiger partial charge in [-0.3, -0.25) is 9.59 Å². The van der Waals surface area contributed by atoms with Crippen LogP contribution in [-0.4, -0.2) is 47.0 Å². The molecule has 3 heterocycles. The van der Waals surface area contributed by atoms with Gasteiger partial charge in [-0.2, -0.15) is 4.39 Å². The first-order valence-electron chi connectivity index (χ1n) is 8.02. The van der Waals surface area contributed by atoms with E-state index in [1.807, 2.05) is 0 Å². The summed E-state index contributed by atoms with van der Waals surface area (Å²) in [4.78, 5) is 32.8. The molecular weight excluding hydrogens is 373 g/mol. The number of hydrogen-bond acceptors (Lipinski definition) is 7. The van der Waals surface area contributed by atoms with E-state index < -0.39 is 5.95 Å². The summed E-state index contributed by atoms with van der Waals surface area (Å²) >= 11 is 1.26. The number of nitrogens with one attached hydrogen (secondary N) is 4. The fraction of sp³-hybridized carbons (Fsp3) is 0.250. The highest BCUT2D eigenvalue weighted by Crippen LogP contribution is 2.23. The zero-order chi connectivity index (χ0) is 19.4. The highest BCUT2D eigenvalue weighted by atomic mass is 32.1. The van der Waals surface area contributed by atoms with E-state index in [0.717, 1.165) is 5.57 Å². The van der Waals surface area contributed by atoms with Gasteiger partial charge >= 0.3 is 0 Å². The monoisotopic (exact) mass is 391 g/mol. The average molecular weight is 391 g/mol. The van der Waals surface area contributed by atoms with Gasteiger partial charge in [0, 0.05) is 26.0 Å². The maximum atomic E-state index is 13.0. The number of dihydropyridines is 1. The van der Waals surface area contributed by atoms with Crippen molar-refractivity contribution in [1.29, 1.82) is 0 Å². The van der Waals surface area contributed by atoms with Crippen LogP contribution in [-0.2, 0) is 11.3 Å². The minimum atomic E-state index is -0.393. The van der Waals surface area contributed by atoms with Gasteiger partial charge < -0.3 is 25.8 Å². The second-order valence-electron chi connectivity index (χ2n) is 5.54. The van der Waals surface area contributed by atoms with E-state index in [9.17, 15) is 14.0 Å². The van der Waals surface area contributed by atoms with Crippen LogP contribution in [0.25, 0.3) is 5.57 Å². The van der Waals surface area contributed by atoms with Gasteiger partial charge in [0.15, 0.2) is 22.6 Å². The molecule has 2 aromatic heterocycles. The molecule has 2 aromatic rings. The SMILES string of the molecule is CNC(=O)c1c(NC)ncn1CC(=O)Nc1nc(C2=CC=C(F)NC2)cs1. The van der Waals surface area contributed by atoms with Gasteiger partial charge in [-0.05, 0) is 11.6 Å². The van der Waals surface area contributed by atoms with Crippen molar-refractivity contribution in [3.63, 3.8) is 0 Å². The van der Waals surface area contributed by atoms with Crippen LogP contribution in [0.4, 0.5) is 15.3 Å². The van der Waals surface area contributed by atoms with Crippen LogP contribution in [0.5, 0.6) is 0 Å². The lowest BCUT2D eigenvalue weighted by atomic mass is 10.1. The topological polar surface area (TPSA) is 113 Å². The summed E-state index contributed by atoms with van der Waals surface area (Å²) in [5.74, 6) is -0.701. The molecular formula is C16H18FN7O2S. The van der Waals surface area contributed by atoms with E-state index in [4.69, 9.17) is 0 Å². The number of allylic oxidation sites excluding steroid dienone is 2. The van der Waals surface area contributed by atoms with Crippen LogP contribution < -0.4 is 21.3 Å². The molecule has 0 spiro atoms. The number of halogens is 1. The number of thiazole rings is 1. The maximum absolute atomic E-state index is 13.0. The number of amides is 2. The van der Waals surface area contributed by atoms with Gasteiger partial charge in [-0.1, -0.05) is 6.08 Å². The Kier molecular flexibility index (Phi) is 5.50. The molecule has 0 aliphatic carbocycles. The molecule has 3 rings (SSSR count). The fourth-order valence-electron chi connectivity index (χ4n) is 2.48. The summed E-state index contributed by atoms with van der Waals surface area (Å²) in [6.07, 6.45) is 4.39. The number of carbonyl (C=O) groups excluding carboxylic acids is 2. The number of aromatic nitrogens is 3. The van der Waals surface area contributed by atoms with Crippen molar-refractivity contribution >= 4 is 39.7 Å². The molecule has 0 bridgehead atoms. The van der Waals surface area contributed by atoms with Crippen molar-refractivity contribution < 1.29 is 14.0 Å². The van der Waals surface area contributed by atoms with Crippen LogP contribution in [0.3, 0.4) is 0 Å². The van der Waals surface area contributed by atoms with Crippen molar-refractivity contribution in [2.75, 3.05) is 31.3 Å². The molecule has 0 saturated carbocycles. The van der Waals surface area contributed by atoms with Crippen LogP contribution in [0, 0.1) is 0 Å². The summed E-state index contributed by atoms with van der Waals surface area (Å²) in [5, 5.41) is 12.8. The minimum absolute atomic E-state index is 0.0927. The molecule has 0 radical (unpaired) electrons. The molecule has 1 aliphatic rings. The van der Waals surface area contributed by atoms with Gasteiger partial charge in [0.1, 0.15) is 6.54 Å². The lowest BCUT2D eigenvalue weighted by molar-refractivity contribution is -0.116. The number of hydrogen-bond donors (Lipinski definition) is 4. The Labute approximate surface area is 158 Å². The lowest BCUT2D eigenvalue weighted by Gasteiger charge is -2.10. The first kappa shape index (κ1) is 18.6. The van der Waals surface area contributed by atoms with E-state index in [1.165, 1.54) is 35.4 Å². The third-order valence-electron chi connectivity index (χ3n) is 3.79. The summed E-state index contributed by atoms with van der Waals surface area (Å²) in [6.45, 7) is 0.237. The van der Waals surface area contributed by atoms with Gasteiger partial charge in [0.2, 0.25) is 5.91 Å². The van der Waals surface area contributed by atoms with E-state index in [0.29, 0.717) is 23.2 Å². The molecule has 0 aromatic carbocycles. The minimum Gasteiger partial charge on any atom is -0.371 e. The molecule has 11 heteroatoms. The maximum Gasteiger partial charge on any atom is 0.271 e. The Morgan fingerprint density at radius 2 is 2.19 bits per heavy atom. The van der Waals surface area contributed by atoms with E-state index in [2.05, 4.69) is 31.2 Å². The van der Waals surface area contributed by atoms with E-state index in [1.54, 1.807) is 18.5 Å². The zero-order valence-electron chi connectivity index (χ0n) is 14.7. The Morgan fingerprint density at radius 3 is 2.85 bits per heavy atom. The molecule has 0 saturated heterocycles. The van der Waals surface area contributed by atoms with Gasteiger partial charge in [0.05, 0.1) is 12.0 Å². The normalized spacial score (nSPS) is 13.3. The molecule has 0 fully saturated rings. The quantitative estimate of drug-likeness (QED) is 0.550. The molecule has 0 unspecified atom stereocenters. The van der Waals surface area contributed by atoms with Crippen molar-refractivity contribution in [2.24, 2.45) is 0 Å². The second-order valence-corrected chi connectivity index (χ2v) is 6.40. The number of nitrogens with zero attached hydrogens (tertiary/aromatic N) is 3. The Bertz CT molecular complexity index is 931.